The van der Waals surface area contributed by atoms with E-state index in [-0.39, 0.29) is 29.1 Å². The van der Waals surface area contributed by atoms with Crippen LogP contribution in [0.25, 0.3) is 0 Å². The van der Waals surface area contributed by atoms with Crippen LogP contribution in [0.1, 0.15) is 29.5 Å². The topological polar surface area (TPSA) is 94.8 Å². The van der Waals surface area contributed by atoms with Crippen LogP contribution in [0.2, 0.25) is 0 Å². The second-order valence-electron chi connectivity index (χ2n) is 8.38. The Kier molecular flexibility index (Phi) is 11.0. The number of aliphatic carboxylic acids is 1. The lowest BCUT2D eigenvalue weighted by atomic mass is 10.0. The zero-order chi connectivity index (χ0) is 25.0. The minimum absolute atomic E-state index is 0.0227. The summed E-state index contributed by atoms with van der Waals surface area (Å²) in [5.41, 5.74) is 2.77. The first-order valence-electron chi connectivity index (χ1n) is 11.6. The number of ketones is 1. The van der Waals surface area contributed by atoms with Gasteiger partial charge in [0.15, 0.2) is 0 Å². The number of rotatable bonds is 11. The van der Waals surface area contributed by atoms with E-state index in [1.54, 1.807) is 12.2 Å². The van der Waals surface area contributed by atoms with Crippen LogP contribution in [0.15, 0.2) is 66.7 Å². The van der Waals surface area contributed by atoms with Crippen molar-refractivity contribution in [3.63, 3.8) is 0 Å². The Labute approximate surface area is 215 Å². The summed E-state index contributed by atoms with van der Waals surface area (Å²) in [5.74, 6) is 6.67. The standard InChI is InChI=1S/C28H30O5S2/c29-23(17-22-9-4-8-21(16-22)11-10-20-6-2-1-3-7-20)12-13-24-25(30)18-26(31)28(24)35-15-5-14-34-19-27(32)33/h1-4,6-9,12-13,16,23-25,28-30H,5,14-15,17-19H2,(H,32,33)/t23?,24-,25?,28?/m0/s1. The van der Waals surface area contributed by atoms with Gasteiger partial charge in [0, 0.05) is 29.9 Å². The molecular weight excluding hydrogens is 480 g/mol. The van der Waals surface area contributed by atoms with Crippen molar-refractivity contribution in [2.24, 2.45) is 5.92 Å². The fourth-order valence-electron chi connectivity index (χ4n) is 3.85. The Bertz CT molecular complexity index is 1070. The zero-order valence-electron chi connectivity index (χ0n) is 19.4. The summed E-state index contributed by atoms with van der Waals surface area (Å²) < 4.78 is 0. The van der Waals surface area contributed by atoms with E-state index in [0.29, 0.717) is 6.42 Å². The van der Waals surface area contributed by atoms with E-state index in [0.717, 1.165) is 34.6 Å². The lowest BCUT2D eigenvalue weighted by molar-refractivity contribution is -0.133. The smallest absolute Gasteiger partial charge is 0.313 e. The zero-order valence-corrected chi connectivity index (χ0v) is 21.0. The summed E-state index contributed by atoms with van der Waals surface area (Å²) in [7, 11) is 0. The third kappa shape index (κ3) is 9.23. The maximum Gasteiger partial charge on any atom is 0.313 e. The molecule has 4 atom stereocenters. The van der Waals surface area contributed by atoms with Crippen LogP contribution in [0.3, 0.4) is 0 Å². The SMILES string of the molecule is O=C(O)CSCCCSC1C(=O)CC(O)[C@@H]1C=CC(O)Cc1cccc(C#Cc2ccccc2)c1. The van der Waals surface area contributed by atoms with Crippen LogP contribution < -0.4 is 0 Å². The Hall–Kier alpha value is -2.50. The summed E-state index contributed by atoms with van der Waals surface area (Å²) >= 11 is 2.87. The molecule has 3 unspecified atom stereocenters. The number of hydrogen-bond acceptors (Lipinski definition) is 6. The molecule has 3 N–H and O–H groups in total. The van der Waals surface area contributed by atoms with Gasteiger partial charge >= 0.3 is 5.97 Å². The lowest BCUT2D eigenvalue weighted by Gasteiger charge is -2.17. The highest BCUT2D eigenvalue weighted by molar-refractivity contribution is 8.01. The molecule has 0 aliphatic heterocycles. The third-order valence-corrected chi connectivity index (χ3v) is 8.02. The summed E-state index contributed by atoms with van der Waals surface area (Å²) in [6.45, 7) is 0. The van der Waals surface area contributed by atoms with Gasteiger partial charge in [-0.25, -0.2) is 0 Å². The first-order valence-corrected chi connectivity index (χ1v) is 13.8. The molecule has 5 nitrogen and oxygen atoms in total. The molecule has 1 saturated carbocycles. The van der Waals surface area contributed by atoms with Crippen molar-refractivity contribution in [2.75, 3.05) is 17.3 Å². The quantitative estimate of drug-likeness (QED) is 0.240. The van der Waals surface area contributed by atoms with Crippen molar-refractivity contribution in [3.05, 3.63) is 83.4 Å². The Morgan fingerprint density at radius 1 is 1.09 bits per heavy atom. The molecule has 7 heteroatoms. The second-order valence-corrected chi connectivity index (χ2v) is 10.7. The van der Waals surface area contributed by atoms with E-state index in [1.807, 2.05) is 54.6 Å². The molecule has 2 aromatic carbocycles. The molecule has 35 heavy (non-hydrogen) atoms. The molecule has 2 aromatic rings. The van der Waals surface area contributed by atoms with Gasteiger partial charge in [-0.15, -0.1) is 11.8 Å². The van der Waals surface area contributed by atoms with Crippen LogP contribution in [0.4, 0.5) is 0 Å². The Morgan fingerprint density at radius 2 is 1.83 bits per heavy atom. The number of thioether (sulfide) groups is 2. The van der Waals surface area contributed by atoms with Gasteiger partial charge in [0.2, 0.25) is 0 Å². The van der Waals surface area contributed by atoms with Gasteiger partial charge in [0.05, 0.1) is 23.2 Å². The molecule has 0 radical (unpaired) electrons. The predicted octanol–water partition coefficient (Wildman–Crippen LogP) is 3.81. The lowest BCUT2D eigenvalue weighted by Crippen LogP contribution is -2.22. The van der Waals surface area contributed by atoms with Crippen molar-refractivity contribution in [3.8, 4) is 11.8 Å². The minimum Gasteiger partial charge on any atom is -0.481 e. The van der Waals surface area contributed by atoms with Crippen LogP contribution in [0.5, 0.6) is 0 Å². The molecule has 0 saturated heterocycles. The van der Waals surface area contributed by atoms with E-state index in [1.165, 1.54) is 23.5 Å². The van der Waals surface area contributed by atoms with Gasteiger partial charge in [-0.3, -0.25) is 9.59 Å². The average Bonchev–Trinajstić information content (AvgIpc) is 3.11. The summed E-state index contributed by atoms with van der Waals surface area (Å²) in [4.78, 5) is 22.9. The van der Waals surface area contributed by atoms with Crippen LogP contribution in [-0.2, 0) is 16.0 Å². The average molecular weight is 511 g/mol. The number of benzene rings is 2. The summed E-state index contributed by atoms with van der Waals surface area (Å²) in [6.07, 6.45) is 3.28. The van der Waals surface area contributed by atoms with Crippen LogP contribution in [-0.4, -0.2) is 61.8 Å². The highest BCUT2D eigenvalue weighted by Gasteiger charge is 2.40. The number of hydrogen-bond donors (Lipinski definition) is 3. The van der Waals surface area contributed by atoms with E-state index in [4.69, 9.17) is 5.11 Å². The fourth-order valence-corrected chi connectivity index (χ4v) is 6.04. The van der Waals surface area contributed by atoms with E-state index < -0.39 is 18.2 Å². The number of carboxylic acid groups (broad SMARTS) is 1. The highest BCUT2D eigenvalue weighted by Crippen LogP contribution is 2.34. The van der Waals surface area contributed by atoms with Crippen molar-refractivity contribution < 1.29 is 24.9 Å². The van der Waals surface area contributed by atoms with Gasteiger partial charge in [0.25, 0.3) is 0 Å². The maximum absolute atomic E-state index is 12.4. The molecule has 0 aromatic heterocycles. The van der Waals surface area contributed by atoms with Crippen molar-refractivity contribution in [1.29, 1.82) is 0 Å². The van der Waals surface area contributed by atoms with Gasteiger partial charge < -0.3 is 15.3 Å². The molecule has 184 valence electrons. The van der Waals surface area contributed by atoms with Crippen LogP contribution in [0, 0.1) is 17.8 Å². The largest absolute Gasteiger partial charge is 0.481 e. The van der Waals surface area contributed by atoms with Gasteiger partial charge in [-0.05, 0) is 47.8 Å². The molecule has 0 amide bonds. The predicted molar refractivity (Wildman–Crippen MR) is 143 cm³/mol. The van der Waals surface area contributed by atoms with E-state index in [9.17, 15) is 19.8 Å². The van der Waals surface area contributed by atoms with Crippen molar-refractivity contribution in [2.45, 2.75) is 36.7 Å². The Balaban J connectivity index is 1.53. The normalized spacial score (nSPS) is 20.5. The first-order chi connectivity index (χ1) is 16.9. The van der Waals surface area contributed by atoms with Gasteiger partial charge in [0.1, 0.15) is 5.78 Å². The maximum atomic E-state index is 12.4. The van der Waals surface area contributed by atoms with E-state index in [2.05, 4.69) is 11.8 Å². The van der Waals surface area contributed by atoms with Gasteiger partial charge in [-0.2, -0.15) is 11.8 Å². The van der Waals surface area contributed by atoms with Gasteiger partial charge in [-0.1, -0.05) is 54.3 Å². The third-order valence-electron chi connectivity index (χ3n) is 5.53. The number of carbonyl (C=O) groups is 2. The molecule has 1 aliphatic carbocycles. The molecule has 0 bridgehead atoms. The number of Topliss-reactive ketones (excluding diaryl/α,β-unsaturated/α-hetero) is 1. The molecule has 1 aliphatic rings. The molecule has 0 heterocycles. The molecule has 3 rings (SSSR count). The number of aliphatic hydroxyl groups is 2. The van der Waals surface area contributed by atoms with E-state index >= 15 is 0 Å². The fraction of sp³-hybridized carbons (Fsp3) is 0.357. The van der Waals surface area contributed by atoms with Crippen molar-refractivity contribution in [1.82, 2.24) is 0 Å². The number of carboxylic acids is 1. The molecular formula is C28H30O5S2. The molecule has 0 spiro atoms. The summed E-state index contributed by atoms with van der Waals surface area (Å²) in [5, 5.41) is 29.3. The van der Waals surface area contributed by atoms with Crippen LogP contribution >= 0.6 is 23.5 Å². The Morgan fingerprint density at radius 3 is 2.60 bits per heavy atom. The molecule has 1 fully saturated rings. The summed E-state index contributed by atoms with van der Waals surface area (Å²) in [6, 6.07) is 17.5. The minimum atomic E-state index is -0.827. The first kappa shape index (κ1) is 27.1. The highest BCUT2D eigenvalue weighted by atomic mass is 32.2. The second kappa shape index (κ2) is 14.2. The monoisotopic (exact) mass is 510 g/mol. The van der Waals surface area contributed by atoms with Crippen molar-refractivity contribution >= 4 is 35.3 Å². The number of aliphatic hydroxyl groups excluding tert-OH is 2. The number of carbonyl (C=O) groups excluding carboxylic acids is 1.